The average molecular weight is 328 g/mol. The molecule has 3 rings (SSSR count). The van der Waals surface area contributed by atoms with E-state index in [0.717, 1.165) is 11.1 Å². The van der Waals surface area contributed by atoms with E-state index < -0.39 is 0 Å². The van der Waals surface area contributed by atoms with Gasteiger partial charge in [0.25, 0.3) is 0 Å². The third-order valence-electron chi connectivity index (χ3n) is 3.58. The number of thiocarbonyl (C=S) groups is 1. The maximum atomic E-state index is 12.4. The number of carbonyl (C=O) groups is 1. The summed E-state index contributed by atoms with van der Waals surface area (Å²) in [5.74, 6) is 0. The molecule has 2 aromatic carbocycles. The second kappa shape index (κ2) is 7.05. The summed E-state index contributed by atoms with van der Waals surface area (Å²) in [4.78, 5) is 12.4. The average Bonchev–Trinajstić information content (AvgIpc) is 2.84. The molecule has 1 heterocycles. The van der Waals surface area contributed by atoms with E-state index in [1.807, 2.05) is 58.0 Å². The minimum absolute atomic E-state index is 0.140. The van der Waals surface area contributed by atoms with Crippen molar-refractivity contribution in [2.75, 3.05) is 0 Å². The number of nitrogens with zero attached hydrogens (tertiary/aromatic N) is 2. The van der Waals surface area contributed by atoms with Gasteiger partial charge in [-0.1, -0.05) is 72.9 Å². The predicted octanol–water partition coefficient (Wildman–Crippen LogP) is 3.46. The molecule has 22 heavy (non-hydrogen) atoms. The third kappa shape index (κ3) is 3.38. The van der Waals surface area contributed by atoms with Gasteiger partial charge in [0, 0.05) is 18.4 Å². The molecule has 1 atom stereocenters. The topological polar surface area (TPSA) is 23.6 Å². The van der Waals surface area contributed by atoms with Gasteiger partial charge in [0.15, 0.2) is 0 Å². The monoisotopic (exact) mass is 328 g/mol. The van der Waals surface area contributed by atoms with E-state index >= 15 is 0 Å². The largest absolute Gasteiger partial charge is 0.283 e. The SMILES string of the molecule is O=C1SN(Cc2ccccc2)N(C=S)C1Cc1ccccc1. The van der Waals surface area contributed by atoms with Crippen molar-refractivity contribution >= 4 is 34.8 Å². The van der Waals surface area contributed by atoms with E-state index in [2.05, 4.69) is 12.1 Å². The standard InChI is InChI=1S/C17H16N2OS2/c20-17-16(11-14-7-3-1-4-8-14)18(13-21)19(22-17)12-15-9-5-2-6-10-15/h1-10,13,16H,11-12H2. The Morgan fingerprint density at radius 1 is 1.00 bits per heavy atom. The lowest BCUT2D eigenvalue weighted by atomic mass is 10.1. The molecule has 1 unspecified atom stereocenters. The van der Waals surface area contributed by atoms with Crippen molar-refractivity contribution in [3.8, 4) is 0 Å². The van der Waals surface area contributed by atoms with Crippen LogP contribution in [-0.4, -0.2) is 26.1 Å². The number of hydrazine groups is 1. The van der Waals surface area contributed by atoms with Crippen LogP contribution in [0.1, 0.15) is 11.1 Å². The maximum Gasteiger partial charge on any atom is 0.229 e. The number of rotatable bonds is 5. The molecule has 2 aromatic rings. The molecule has 3 nitrogen and oxygen atoms in total. The third-order valence-corrected chi connectivity index (χ3v) is 4.78. The molecule has 0 bridgehead atoms. The summed E-state index contributed by atoms with van der Waals surface area (Å²) in [5.41, 5.74) is 3.88. The van der Waals surface area contributed by atoms with E-state index in [1.54, 1.807) is 5.49 Å². The molecule has 0 aromatic heterocycles. The van der Waals surface area contributed by atoms with E-state index in [9.17, 15) is 4.79 Å². The summed E-state index contributed by atoms with van der Waals surface area (Å²) in [6.45, 7) is 0.662. The number of hydrogen-bond donors (Lipinski definition) is 0. The van der Waals surface area contributed by atoms with Gasteiger partial charge in [-0.25, -0.2) is 0 Å². The molecule has 1 saturated heterocycles. The van der Waals surface area contributed by atoms with Gasteiger partial charge in [-0.2, -0.15) is 4.41 Å². The quantitative estimate of drug-likeness (QED) is 0.618. The number of benzene rings is 2. The molecule has 0 N–H and O–H groups in total. The molecule has 1 fully saturated rings. The fourth-order valence-electron chi connectivity index (χ4n) is 2.47. The first-order valence-corrected chi connectivity index (χ1v) is 8.33. The van der Waals surface area contributed by atoms with E-state index in [0.29, 0.717) is 13.0 Å². The van der Waals surface area contributed by atoms with Gasteiger partial charge in [-0.3, -0.25) is 9.80 Å². The minimum atomic E-state index is -0.228. The van der Waals surface area contributed by atoms with Crippen molar-refractivity contribution in [3.05, 3.63) is 71.8 Å². The van der Waals surface area contributed by atoms with E-state index in [4.69, 9.17) is 12.2 Å². The zero-order valence-corrected chi connectivity index (χ0v) is 13.6. The molecule has 0 aliphatic carbocycles. The van der Waals surface area contributed by atoms with Crippen LogP contribution in [0.15, 0.2) is 60.7 Å². The van der Waals surface area contributed by atoms with Gasteiger partial charge in [-0.05, 0) is 11.1 Å². The van der Waals surface area contributed by atoms with Crippen LogP contribution in [0.4, 0.5) is 0 Å². The highest BCUT2D eigenvalue weighted by Crippen LogP contribution is 2.31. The first kappa shape index (κ1) is 15.2. The van der Waals surface area contributed by atoms with Crippen molar-refractivity contribution in [1.82, 2.24) is 9.42 Å². The van der Waals surface area contributed by atoms with Gasteiger partial charge < -0.3 is 0 Å². The van der Waals surface area contributed by atoms with E-state index in [1.165, 1.54) is 11.9 Å². The molecule has 1 aliphatic rings. The Kier molecular flexibility index (Phi) is 4.87. The summed E-state index contributed by atoms with van der Waals surface area (Å²) < 4.78 is 1.94. The number of hydrogen-bond acceptors (Lipinski definition) is 4. The van der Waals surface area contributed by atoms with Crippen LogP contribution >= 0.6 is 24.2 Å². The Labute approximate surface area is 140 Å². The molecule has 1 aliphatic heterocycles. The Balaban J connectivity index is 1.75. The number of carbonyl (C=O) groups excluding carboxylic acids is 1. The van der Waals surface area contributed by atoms with Crippen LogP contribution in [0.25, 0.3) is 0 Å². The van der Waals surface area contributed by atoms with Gasteiger partial charge in [-0.15, -0.1) is 0 Å². The van der Waals surface area contributed by atoms with Crippen molar-refractivity contribution in [1.29, 1.82) is 0 Å². The van der Waals surface area contributed by atoms with Gasteiger partial charge in [0.1, 0.15) is 6.04 Å². The molecule has 0 saturated carbocycles. The lowest BCUT2D eigenvalue weighted by molar-refractivity contribution is -0.114. The van der Waals surface area contributed by atoms with Crippen LogP contribution in [0.2, 0.25) is 0 Å². The van der Waals surface area contributed by atoms with Crippen LogP contribution in [0.5, 0.6) is 0 Å². The highest BCUT2D eigenvalue weighted by atomic mass is 32.2. The van der Waals surface area contributed by atoms with Gasteiger partial charge >= 0.3 is 0 Å². The first-order valence-electron chi connectivity index (χ1n) is 7.08. The maximum absolute atomic E-state index is 12.4. The van der Waals surface area contributed by atoms with Crippen molar-refractivity contribution in [3.63, 3.8) is 0 Å². The van der Waals surface area contributed by atoms with Crippen LogP contribution < -0.4 is 0 Å². The summed E-state index contributed by atoms with van der Waals surface area (Å²) in [7, 11) is 0. The Morgan fingerprint density at radius 3 is 2.18 bits per heavy atom. The van der Waals surface area contributed by atoms with Crippen molar-refractivity contribution in [2.45, 2.75) is 19.0 Å². The van der Waals surface area contributed by atoms with Crippen LogP contribution in [-0.2, 0) is 17.8 Å². The zero-order chi connectivity index (χ0) is 15.4. The zero-order valence-electron chi connectivity index (χ0n) is 12.0. The Bertz CT molecular complexity index is 648. The molecular weight excluding hydrogens is 312 g/mol. The van der Waals surface area contributed by atoms with E-state index in [-0.39, 0.29) is 11.2 Å². The van der Waals surface area contributed by atoms with Gasteiger partial charge in [0.05, 0.1) is 12.0 Å². The highest BCUT2D eigenvalue weighted by Gasteiger charge is 2.38. The predicted molar refractivity (Wildman–Crippen MR) is 94.0 cm³/mol. The summed E-state index contributed by atoms with van der Waals surface area (Å²) in [6.07, 6.45) is 0.672. The summed E-state index contributed by atoms with van der Waals surface area (Å²) in [5, 5.41) is 2.02. The van der Waals surface area contributed by atoms with Gasteiger partial charge in [0.2, 0.25) is 5.12 Å². The molecule has 112 valence electrons. The van der Waals surface area contributed by atoms with Crippen LogP contribution in [0, 0.1) is 0 Å². The molecular formula is C17H16N2OS2. The first-order chi connectivity index (χ1) is 10.8. The molecule has 0 spiro atoms. The lowest BCUT2D eigenvalue weighted by Gasteiger charge is -2.27. The Morgan fingerprint density at radius 2 is 1.59 bits per heavy atom. The summed E-state index contributed by atoms with van der Waals surface area (Å²) >= 11 is 6.39. The molecule has 0 radical (unpaired) electrons. The van der Waals surface area contributed by atoms with Crippen LogP contribution in [0.3, 0.4) is 0 Å². The fourth-order valence-corrected chi connectivity index (χ4v) is 3.78. The molecule has 0 amide bonds. The second-order valence-electron chi connectivity index (χ2n) is 5.10. The smallest absolute Gasteiger partial charge is 0.229 e. The minimum Gasteiger partial charge on any atom is -0.283 e. The fraction of sp³-hybridized carbons (Fsp3) is 0.176. The van der Waals surface area contributed by atoms with Crippen molar-refractivity contribution < 1.29 is 4.79 Å². The highest BCUT2D eigenvalue weighted by molar-refractivity contribution is 8.12. The van der Waals surface area contributed by atoms with Crippen molar-refractivity contribution in [2.24, 2.45) is 0 Å². The summed E-state index contributed by atoms with van der Waals surface area (Å²) in [6, 6.07) is 19.9. The molecule has 5 heteroatoms. The Hall–Kier alpha value is -1.69. The normalized spacial score (nSPS) is 18.6. The second-order valence-corrected chi connectivity index (χ2v) is 6.31. The lowest BCUT2D eigenvalue weighted by Crippen LogP contribution is -2.40.